The Hall–Kier alpha value is -4.06. The average molecular weight is 506 g/mol. The standard InChI is InChI=1S/C24H24FN9OS/c1-34-6-5-15-20(29-13-3-2-4-14(8-13)30-23(35)18-11-36-24(26)31-18)32-21(33-22(15)34)17-10-28-19-16(17)7-12(25)9-27-19/h5-7,9-11,13-14H,2-4,8H2,1H3,(H2,26,31)(H,27,28)(H,30,35)(H,29,32,33)/t13-,14+/m1/s1. The van der Waals surface area contributed by atoms with E-state index in [1.54, 1.807) is 11.6 Å². The van der Waals surface area contributed by atoms with Crippen molar-refractivity contribution < 1.29 is 9.18 Å². The Kier molecular flexibility index (Phi) is 5.52. The van der Waals surface area contributed by atoms with Crippen LogP contribution in [0.1, 0.15) is 36.2 Å². The lowest BCUT2D eigenvalue weighted by Crippen LogP contribution is -2.42. The van der Waals surface area contributed by atoms with Crippen LogP contribution in [0.3, 0.4) is 0 Å². The number of fused-ring (bicyclic) bond motifs is 2. The second-order valence-electron chi connectivity index (χ2n) is 9.06. The number of amides is 1. The summed E-state index contributed by atoms with van der Waals surface area (Å²) in [6, 6.07) is 3.54. The Morgan fingerprint density at radius 2 is 2.11 bits per heavy atom. The summed E-state index contributed by atoms with van der Waals surface area (Å²) in [5.41, 5.74) is 8.04. The van der Waals surface area contributed by atoms with Gasteiger partial charge in [0.1, 0.15) is 28.6 Å². The van der Waals surface area contributed by atoms with Gasteiger partial charge in [0.25, 0.3) is 5.91 Å². The van der Waals surface area contributed by atoms with E-state index < -0.39 is 5.82 Å². The van der Waals surface area contributed by atoms with Crippen molar-refractivity contribution >= 4 is 50.3 Å². The summed E-state index contributed by atoms with van der Waals surface area (Å²) in [6.45, 7) is 0. The molecule has 36 heavy (non-hydrogen) atoms. The van der Waals surface area contributed by atoms with Crippen LogP contribution < -0.4 is 16.4 Å². The van der Waals surface area contributed by atoms with Gasteiger partial charge in [0.05, 0.1) is 11.6 Å². The first kappa shape index (κ1) is 22.4. The van der Waals surface area contributed by atoms with Crippen LogP contribution in [-0.4, -0.2) is 47.5 Å². The summed E-state index contributed by atoms with van der Waals surface area (Å²) in [5, 5.41) is 10.3. The monoisotopic (exact) mass is 505 g/mol. The fraction of sp³-hybridized carbons (Fsp3) is 0.292. The van der Waals surface area contributed by atoms with Gasteiger partial charge in [-0.1, -0.05) is 0 Å². The zero-order valence-corrected chi connectivity index (χ0v) is 20.3. The molecular weight excluding hydrogens is 481 g/mol. The summed E-state index contributed by atoms with van der Waals surface area (Å²) in [6.07, 6.45) is 8.43. The summed E-state index contributed by atoms with van der Waals surface area (Å²) in [5.74, 6) is 0.562. The number of carbonyl (C=O) groups is 1. The zero-order valence-electron chi connectivity index (χ0n) is 19.5. The first-order chi connectivity index (χ1) is 17.4. The number of nitrogen functional groups attached to an aromatic ring is 1. The number of nitrogens with zero attached hydrogens (tertiary/aromatic N) is 5. The van der Waals surface area contributed by atoms with E-state index >= 15 is 0 Å². The van der Waals surface area contributed by atoms with E-state index in [1.807, 2.05) is 23.9 Å². The number of aromatic nitrogens is 6. The molecule has 5 aromatic heterocycles. The SMILES string of the molecule is Cn1ccc2c(N[C@@H]3CCC[C@H](NC(=O)c4csc(N)n4)C3)nc(-c3c[nH]c4ncc(F)cc34)nc21. The molecule has 1 amide bonds. The molecule has 6 rings (SSSR count). The van der Waals surface area contributed by atoms with Gasteiger partial charge in [0.15, 0.2) is 11.0 Å². The van der Waals surface area contributed by atoms with E-state index in [4.69, 9.17) is 15.7 Å². The lowest BCUT2D eigenvalue weighted by atomic mass is 9.90. The molecular formula is C24H24FN9OS. The molecule has 0 radical (unpaired) electrons. The largest absolute Gasteiger partial charge is 0.375 e. The molecule has 0 aromatic carbocycles. The zero-order chi connectivity index (χ0) is 24.8. The van der Waals surface area contributed by atoms with E-state index in [0.29, 0.717) is 39.1 Å². The van der Waals surface area contributed by atoms with Crippen LogP contribution in [0.2, 0.25) is 0 Å². The molecule has 184 valence electrons. The normalized spacial score (nSPS) is 18.1. The number of rotatable bonds is 5. The molecule has 12 heteroatoms. The first-order valence-corrected chi connectivity index (χ1v) is 12.6. The number of hydrogen-bond donors (Lipinski definition) is 4. The summed E-state index contributed by atoms with van der Waals surface area (Å²) in [4.78, 5) is 33.5. The summed E-state index contributed by atoms with van der Waals surface area (Å²) in [7, 11) is 1.93. The second kappa shape index (κ2) is 8.86. The number of nitrogens with one attached hydrogen (secondary N) is 3. The minimum atomic E-state index is -0.419. The highest BCUT2D eigenvalue weighted by molar-refractivity contribution is 7.13. The van der Waals surface area contributed by atoms with E-state index in [-0.39, 0.29) is 18.0 Å². The van der Waals surface area contributed by atoms with Gasteiger partial charge >= 0.3 is 0 Å². The third-order valence-corrected chi connectivity index (χ3v) is 7.24. The molecule has 0 spiro atoms. The Morgan fingerprint density at radius 1 is 1.25 bits per heavy atom. The summed E-state index contributed by atoms with van der Waals surface area (Å²) >= 11 is 1.25. The van der Waals surface area contributed by atoms with Crippen LogP contribution >= 0.6 is 11.3 Å². The van der Waals surface area contributed by atoms with Crippen molar-refractivity contribution in [2.24, 2.45) is 7.05 Å². The molecule has 5 aromatic rings. The van der Waals surface area contributed by atoms with Gasteiger partial charge < -0.3 is 25.9 Å². The maximum Gasteiger partial charge on any atom is 0.271 e. The van der Waals surface area contributed by atoms with Crippen LogP contribution in [0, 0.1) is 5.82 Å². The number of aryl methyl sites for hydroxylation is 1. The van der Waals surface area contributed by atoms with Gasteiger partial charge in [-0.05, 0) is 37.8 Å². The maximum absolute atomic E-state index is 13.9. The fourth-order valence-electron chi connectivity index (χ4n) is 4.83. The number of pyridine rings is 1. The number of halogens is 1. The molecule has 1 aliphatic carbocycles. The van der Waals surface area contributed by atoms with E-state index in [0.717, 1.165) is 36.7 Å². The Bertz CT molecular complexity index is 1590. The highest BCUT2D eigenvalue weighted by Gasteiger charge is 2.26. The Labute approximate surface area is 209 Å². The highest BCUT2D eigenvalue weighted by atomic mass is 32.1. The lowest BCUT2D eigenvalue weighted by molar-refractivity contribution is 0.0922. The van der Waals surface area contributed by atoms with Crippen LogP contribution in [0.5, 0.6) is 0 Å². The van der Waals surface area contributed by atoms with Crippen LogP contribution in [0.25, 0.3) is 33.5 Å². The van der Waals surface area contributed by atoms with Gasteiger partial charge in [-0.3, -0.25) is 4.79 Å². The third kappa shape index (κ3) is 4.13. The van der Waals surface area contributed by atoms with Crippen molar-refractivity contribution in [2.75, 3.05) is 11.1 Å². The Balaban J connectivity index is 1.28. The molecule has 1 saturated carbocycles. The smallest absolute Gasteiger partial charge is 0.271 e. The number of nitrogens with two attached hydrogens (primary N) is 1. The van der Waals surface area contributed by atoms with Crippen molar-refractivity contribution in [2.45, 2.75) is 37.8 Å². The van der Waals surface area contributed by atoms with Crippen molar-refractivity contribution in [3.8, 4) is 11.4 Å². The van der Waals surface area contributed by atoms with Gasteiger partial charge in [0, 0.05) is 47.9 Å². The number of thiazole rings is 1. The topological polar surface area (TPSA) is 139 Å². The van der Waals surface area contributed by atoms with Crippen molar-refractivity contribution in [1.29, 1.82) is 0 Å². The van der Waals surface area contributed by atoms with Gasteiger partial charge in [0.2, 0.25) is 0 Å². The predicted octanol–water partition coefficient (Wildman–Crippen LogP) is 3.84. The highest BCUT2D eigenvalue weighted by Crippen LogP contribution is 2.31. The number of H-pyrrole nitrogens is 1. The molecule has 2 atom stereocenters. The first-order valence-electron chi connectivity index (χ1n) is 11.7. The van der Waals surface area contributed by atoms with Crippen LogP contribution in [0.4, 0.5) is 15.3 Å². The molecule has 5 N–H and O–H groups in total. The van der Waals surface area contributed by atoms with Crippen LogP contribution in [0.15, 0.2) is 36.1 Å². The number of carbonyl (C=O) groups excluding carboxylic acids is 1. The predicted molar refractivity (Wildman–Crippen MR) is 137 cm³/mol. The third-order valence-electron chi connectivity index (χ3n) is 6.57. The fourth-order valence-corrected chi connectivity index (χ4v) is 5.37. The second-order valence-corrected chi connectivity index (χ2v) is 9.95. The number of hydrogen-bond acceptors (Lipinski definition) is 8. The van der Waals surface area contributed by atoms with Crippen molar-refractivity contribution in [3.05, 3.63) is 47.6 Å². The minimum absolute atomic E-state index is 0.0157. The average Bonchev–Trinajstić information content (AvgIpc) is 3.58. The molecule has 5 heterocycles. The van der Waals surface area contributed by atoms with E-state index in [2.05, 4.69) is 25.6 Å². The molecule has 0 saturated heterocycles. The quantitative estimate of drug-likeness (QED) is 0.285. The molecule has 0 aliphatic heterocycles. The molecule has 1 fully saturated rings. The molecule has 10 nitrogen and oxygen atoms in total. The van der Waals surface area contributed by atoms with Crippen molar-refractivity contribution in [3.63, 3.8) is 0 Å². The van der Waals surface area contributed by atoms with Gasteiger partial charge in [-0.25, -0.2) is 24.3 Å². The van der Waals surface area contributed by atoms with Crippen molar-refractivity contribution in [1.82, 2.24) is 34.8 Å². The number of aromatic amines is 1. The van der Waals surface area contributed by atoms with Crippen LogP contribution in [-0.2, 0) is 7.05 Å². The maximum atomic E-state index is 13.9. The molecule has 1 aliphatic rings. The Morgan fingerprint density at radius 3 is 2.94 bits per heavy atom. The van der Waals surface area contributed by atoms with Gasteiger partial charge in [-0.15, -0.1) is 11.3 Å². The van der Waals surface area contributed by atoms with E-state index in [1.165, 1.54) is 23.6 Å². The number of anilines is 2. The minimum Gasteiger partial charge on any atom is -0.375 e. The van der Waals surface area contributed by atoms with Gasteiger partial charge in [-0.2, -0.15) is 0 Å². The molecule has 0 unspecified atom stereocenters. The summed E-state index contributed by atoms with van der Waals surface area (Å²) < 4.78 is 15.9. The molecule has 0 bridgehead atoms. The lowest BCUT2D eigenvalue weighted by Gasteiger charge is -2.30. The van der Waals surface area contributed by atoms with E-state index in [9.17, 15) is 9.18 Å².